The molecule has 0 radical (unpaired) electrons. The molecule has 0 saturated carbocycles. The number of hydrogen-bond acceptors (Lipinski definition) is 4. The molecule has 0 aliphatic heterocycles. The van der Waals surface area contributed by atoms with Crippen LogP contribution in [0.2, 0.25) is 0 Å². The number of primary amides is 1. The zero-order chi connectivity index (χ0) is 10.8. The summed E-state index contributed by atoms with van der Waals surface area (Å²) in [5.74, 6) is -0.416. The summed E-state index contributed by atoms with van der Waals surface area (Å²) >= 11 is 3.56. The normalized spacial score (nSPS) is 10.2. The van der Waals surface area contributed by atoms with Crippen molar-refractivity contribution >= 4 is 39.8 Å². The molecule has 0 bridgehead atoms. The van der Waals surface area contributed by atoms with Gasteiger partial charge in [0, 0.05) is 5.38 Å². The lowest BCUT2D eigenvalue weighted by molar-refractivity contribution is 0.100. The van der Waals surface area contributed by atoms with Crippen LogP contribution in [0.15, 0.2) is 23.8 Å². The van der Waals surface area contributed by atoms with E-state index in [1.807, 2.05) is 6.07 Å². The van der Waals surface area contributed by atoms with Gasteiger partial charge in [0.05, 0.1) is 16.1 Å². The number of rotatable bonds is 2. The van der Waals surface area contributed by atoms with Crippen molar-refractivity contribution in [2.45, 2.75) is 0 Å². The molecule has 1 amide bonds. The van der Waals surface area contributed by atoms with Gasteiger partial charge in [-0.25, -0.2) is 9.97 Å². The van der Waals surface area contributed by atoms with Gasteiger partial charge in [-0.1, -0.05) is 0 Å². The number of hydrogen-bond donors (Lipinski definition) is 1. The van der Waals surface area contributed by atoms with Gasteiger partial charge >= 0.3 is 0 Å². The lowest BCUT2D eigenvalue weighted by atomic mass is 10.2. The van der Waals surface area contributed by atoms with Crippen molar-refractivity contribution in [1.29, 1.82) is 0 Å². The van der Waals surface area contributed by atoms with E-state index < -0.39 is 5.91 Å². The highest BCUT2D eigenvalue weighted by molar-refractivity contribution is 14.1. The first kappa shape index (κ1) is 10.5. The Labute approximate surface area is 104 Å². The number of aromatic nitrogens is 2. The lowest BCUT2D eigenvalue weighted by Gasteiger charge is -1.95. The number of nitrogens with two attached hydrogens (primary N) is 1. The Morgan fingerprint density at radius 3 is 2.80 bits per heavy atom. The highest BCUT2D eigenvalue weighted by Crippen LogP contribution is 2.25. The SMILES string of the molecule is NC(=O)c1csc(-c2cc(I)ncn2)c1. The van der Waals surface area contributed by atoms with E-state index in [4.69, 9.17) is 5.73 Å². The molecular formula is C9H6IN3OS. The first-order chi connectivity index (χ1) is 7.16. The van der Waals surface area contributed by atoms with E-state index in [2.05, 4.69) is 32.6 Å². The fourth-order valence-corrected chi connectivity index (χ4v) is 2.35. The zero-order valence-electron chi connectivity index (χ0n) is 7.48. The highest BCUT2D eigenvalue weighted by Gasteiger charge is 2.07. The van der Waals surface area contributed by atoms with E-state index in [0.29, 0.717) is 5.56 Å². The third-order valence-electron chi connectivity index (χ3n) is 1.77. The Kier molecular flexibility index (Phi) is 2.96. The van der Waals surface area contributed by atoms with E-state index in [0.717, 1.165) is 14.3 Å². The minimum Gasteiger partial charge on any atom is -0.366 e. The second kappa shape index (κ2) is 4.23. The van der Waals surface area contributed by atoms with Crippen LogP contribution >= 0.6 is 33.9 Å². The lowest BCUT2D eigenvalue weighted by Crippen LogP contribution is -2.08. The van der Waals surface area contributed by atoms with Gasteiger partial charge in [0.25, 0.3) is 0 Å². The smallest absolute Gasteiger partial charge is 0.249 e. The maximum absolute atomic E-state index is 10.9. The van der Waals surface area contributed by atoms with Crippen molar-refractivity contribution < 1.29 is 4.79 Å². The number of carbonyl (C=O) groups excluding carboxylic acids is 1. The summed E-state index contributed by atoms with van der Waals surface area (Å²) in [6.07, 6.45) is 1.50. The van der Waals surface area contributed by atoms with E-state index in [1.165, 1.54) is 17.7 Å². The molecule has 0 aromatic carbocycles. The summed E-state index contributed by atoms with van der Waals surface area (Å²) in [5, 5.41) is 1.73. The van der Waals surface area contributed by atoms with Crippen LogP contribution in [0.3, 0.4) is 0 Å². The molecule has 2 rings (SSSR count). The molecule has 2 N–H and O–H groups in total. The van der Waals surface area contributed by atoms with Crippen molar-refractivity contribution in [2.75, 3.05) is 0 Å². The van der Waals surface area contributed by atoms with Crippen LogP contribution in [-0.2, 0) is 0 Å². The average molecular weight is 331 g/mol. The van der Waals surface area contributed by atoms with Crippen molar-refractivity contribution in [3.8, 4) is 10.6 Å². The summed E-state index contributed by atoms with van der Waals surface area (Å²) in [7, 11) is 0. The second-order valence-electron chi connectivity index (χ2n) is 2.79. The van der Waals surface area contributed by atoms with Gasteiger partial charge in [-0.15, -0.1) is 11.3 Å². The molecule has 0 spiro atoms. The highest BCUT2D eigenvalue weighted by atomic mass is 127. The average Bonchev–Trinajstić information content (AvgIpc) is 2.66. The number of amides is 1. The van der Waals surface area contributed by atoms with Crippen molar-refractivity contribution in [2.24, 2.45) is 5.73 Å². The van der Waals surface area contributed by atoms with E-state index >= 15 is 0 Å². The predicted octanol–water partition coefficient (Wildman–Crippen LogP) is 1.91. The molecule has 6 heteroatoms. The summed E-state index contributed by atoms with van der Waals surface area (Å²) in [6, 6.07) is 3.60. The van der Waals surface area contributed by atoms with Gasteiger partial charge in [-0.2, -0.15) is 0 Å². The van der Waals surface area contributed by atoms with Crippen molar-refractivity contribution in [3.05, 3.63) is 33.1 Å². The molecule has 0 aliphatic rings. The van der Waals surface area contributed by atoms with Gasteiger partial charge in [0.2, 0.25) is 5.91 Å². The first-order valence-electron chi connectivity index (χ1n) is 4.03. The largest absolute Gasteiger partial charge is 0.366 e. The topological polar surface area (TPSA) is 68.9 Å². The molecule has 0 fully saturated rings. The summed E-state index contributed by atoms with van der Waals surface area (Å²) < 4.78 is 0.867. The quantitative estimate of drug-likeness (QED) is 0.675. The van der Waals surface area contributed by atoms with Gasteiger partial charge in [0.15, 0.2) is 0 Å². The Morgan fingerprint density at radius 1 is 1.40 bits per heavy atom. The zero-order valence-corrected chi connectivity index (χ0v) is 10.4. The number of carbonyl (C=O) groups is 1. The van der Waals surface area contributed by atoms with Gasteiger partial charge < -0.3 is 5.73 Å². The number of nitrogens with zero attached hydrogens (tertiary/aromatic N) is 2. The predicted molar refractivity (Wildman–Crippen MR) is 66.6 cm³/mol. The summed E-state index contributed by atoms with van der Waals surface area (Å²) in [4.78, 5) is 19.9. The molecule has 2 heterocycles. The molecule has 0 aliphatic carbocycles. The van der Waals surface area contributed by atoms with Crippen LogP contribution in [0.25, 0.3) is 10.6 Å². The third kappa shape index (κ3) is 2.32. The Bertz CT molecular complexity index is 512. The first-order valence-corrected chi connectivity index (χ1v) is 5.99. The third-order valence-corrected chi connectivity index (χ3v) is 3.31. The van der Waals surface area contributed by atoms with Crippen LogP contribution in [0.5, 0.6) is 0 Å². The van der Waals surface area contributed by atoms with E-state index in [1.54, 1.807) is 11.4 Å². The Morgan fingerprint density at radius 2 is 2.20 bits per heavy atom. The van der Waals surface area contributed by atoms with E-state index in [-0.39, 0.29) is 0 Å². The molecule has 4 nitrogen and oxygen atoms in total. The van der Waals surface area contributed by atoms with Crippen LogP contribution in [0.4, 0.5) is 0 Å². The standard InChI is InChI=1S/C9H6IN3OS/c10-8-2-6(12-4-13-8)7-1-5(3-15-7)9(11)14/h1-4H,(H2,11,14). The summed E-state index contributed by atoms with van der Waals surface area (Å²) in [5.41, 5.74) is 6.50. The van der Waals surface area contributed by atoms with Crippen molar-refractivity contribution in [3.63, 3.8) is 0 Å². The Balaban J connectivity index is 2.41. The van der Waals surface area contributed by atoms with Crippen LogP contribution in [-0.4, -0.2) is 15.9 Å². The van der Waals surface area contributed by atoms with Crippen molar-refractivity contribution in [1.82, 2.24) is 9.97 Å². The molecule has 2 aromatic rings. The van der Waals surface area contributed by atoms with Gasteiger partial charge in [0.1, 0.15) is 10.0 Å². The maximum atomic E-state index is 10.9. The minimum absolute atomic E-state index is 0.416. The van der Waals surface area contributed by atoms with Crippen LogP contribution in [0, 0.1) is 3.70 Å². The van der Waals surface area contributed by atoms with Crippen LogP contribution in [0.1, 0.15) is 10.4 Å². The van der Waals surface area contributed by atoms with Gasteiger partial charge in [-0.3, -0.25) is 4.79 Å². The number of thiophene rings is 1. The van der Waals surface area contributed by atoms with E-state index in [9.17, 15) is 4.79 Å². The molecular weight excluding hydrogens is 325 g/mol. The second-order valence-corrected chi connectivity index (χ2v) is 4.81. The minimum atomic E-state index is -0.416. The summed E-state index contributed by atoms with van der Waals surface area (Å²) in [6.45, 7) is 0. The van der Waals surface area contributed by atoms with Gasteiger partial charge in [-0.05, 0) is 34.7 Å². The fraction of sp³-hybridized carbons (Fsp3) is 0. The molecule has 0 saturated heterocycles. The molecule has 2 aromatic heterocycles. The fourth-order valence-electron chi connectivity index (χ4n) is 1.07. The molecule has 15 heavy (non-hydrogen) atoms. The van der Waals surface area contributed by atoms with Crippen LogP contribution < -0.4 is 5.73 Å². The molecule has 0 unspecified atom stereocenters. The molecule has 76 valence electrons. The Hall–Kier alpha value is -1.02. The molecule has 0 atom stereocenters. The monoisotopic (exact) mass is 331 g/mol. The number of halogens is 1. The maximum Gasteiger partial charge on any atom is 0.249 e.